The number of hydrogen-bond acceptors (Lipinski definition) is 1. The van der Waals surface area contributed by atoms with Crippen molar-refractivity contribution >= 4 is 0 Å². The van der Waals surface area contributed by atoms with Gasteiger partial charge in [-0.3, -0.25) is 0 Å². The molecular weight excluding hydrogens is 172 g/mol. The topological polar surface area (TPSA) is 12.0 Å². The fourth-order valence-corrected chi connectivity index (χ4v) is 1.99. The molecule has 1 fully saturated rings. The predicted molar refractivity (Wildman–Crippen MR) is 50.1 cm³/mol. The lowest BCUT2D eigenvalue weighted by atomic mass is 9.91. The molecule has 1 aliphatic rings. The molecule has 0 amide bonds. The number of nitrogens with one attached hydrogen (secondary N) is 1. The van der Waals surface area contributed by atoms with Crippen molar-refractivity contribution in [3.63, 3.8) is 0 Å². The van der Waals surface area contributed by atoms with E-state index in [-0.39, 0.29) is 18.8 Å². The van der Waals surface area contributed by atoms with Crippen molar-refractivity contribution in [3.05, 3.63) is 0 Å². The van der Waals surface area contributed by atoms with Gasteiger partial charge in [-0.25, -0.2) is 8.78 Å². The Kier molecular flexibility index (Phi) is 4.10. The third-order valence-electron chi connectivity index (χ3n) is 2.60. The number of hydrogen-bond donors (Lipinski definition) is 1. The maximum absolute atomic E-state index is 13.2. The van der Waals surface area contributed by atoms with Crippen LogP contribution in [-0.4, -0.2) is 19.0 Å². The first-order valence-corrected chi connectivity index (χ1v) is 5.22. The van der Waals surface area contributed by atoms with Crippen molar-refractivity contribution in [2.75, 3.05) is 13.1 Å². The Morgan fingerprint density at radius 1 is 1.46 bits per heavy atom. The van der Waals surface area contributed by atoms with Crippen LogP contribution >= 0.6 is 0 Å². The van der Waals surface area contributed by atoms with Gasteiger partial charge in [0.2, 0.25) is 5.92 Å². The molecule has 78 valence electrons. The molecule has 0 aliphatic carbocycles. The van der Waals surface area contributed by atoms with E-state index < -0.39 is 5.92 Å². The van der Waals surface area contributed by atoms with Crippen LogP contribution in [0.2, 0.25) is 0 Å². The smallest absolute Gasteiger partial charge is 0.248 e. The van der Waals surface area contributed by atoms with Gasteiger partial charge in [0, 0.05) is 12.8 Å². The first-order valence-electron chi connectivity index (χ1n) is 5.22. The van der Waals surface area contributed by atoms with Crippen LogP contribution in [-0.2, 0) is 0 Å². The minimum absolute atomic E-state index is 0.0451. The van der Waals surface area contributed by atoms with Crippen LogP contribution in [0.3, 0.4) is 0 Å². The van der Waals surface area contributed by atoms with Gasteiger partial charge in [0.25, 0.3) is 0 Å². The van der Waals surface area contributed by atoms with Gasteiger partial charge in [-0.2, -0.15) is 0 Å². The van der Waals surface area contributed by atoms with Crippen molar-refractivity contribution in [2.45, 2.75) is 45.0 Å². The first-order chi connectivity index (χ1) is 6.14. The van der Waals surface area contributed by atoms with Crippen LogP contribution in [0.25, 0.3) is 0 Å². The Morgan fingerprint density at radius 2 is 2.23 bits per heavy atom. The van der Waals surface area contributed by atoms with Crippen molar-refractivity contribution in [1.82, 2.24) is 5.32 Å². The van der Waals surface area contributed by atoms with Gasteiger partial charge in [-0.05, 0) is 31.8 Å². The van der Waals surface area contributed by atoms with E-state index in [1.54, 1.807) is 0 Å². The van der Waals surface area contributed by atoms with Crippen LogP contribution in [0.4, 0.5) is 8.78 Å². The number of alkyl halides is 2. The number of rotatable bonds is 4. The average molecular weight is 191 g/mol. The third-order valence-corrected chi connectivity index (χ3v) is 2.60. The van der Waals surface area contributed by atoms with E-state index in [2.05, 4.69) is 5.32 Å². The molecule has 0 bridgehead atoms. The highest BCUT2D eigenvalue weighted by molar-refractivity contribution is 4.76. The highest BCUT2D eigenvalue weighted by Gasteiger charge is 2.31. The SMILES string of the molecule is CCCC(F)(F)CC1CCCNC1. The Bertz CT molecular complexity index is 142. The largest absolute Gasteiger partial charge is 0.316 e. The van der Waals surface area contributed by atoms with Gasteiger partial charge in [0.05, 0.1) is 0 Å². The van der Waals surface area contributed by atoms with Gasteiger partial charge < -0.3 is 5.32 Å². The Balaban J connectivity index is 2.28. The maximum Gasteiger partial charge on any atom is 0.248 e. The molecule has 1 unspecified atom stereocenters. The minimum atomic E-state index is -2.43. The Labute approximate surface area is 78.9 Å². The highest BCUT2D eigenvalue weighted by atomic mass is 19.3. The van der Waals surface area contributed by atoms with Crippen molar-refractivity contribution < 1.29 is 8.78 Å². The van der Waals surface area contributed by atoms with E-state index in [4.69, 9.17) is 0 Å². The van der Waals surface area contributed by atoms with Crippen LogP contribution in [0.5, 0.6) is 0 Å². The molecule has 3 heteroatoms. The zero-order valence-electron chi connectivity index (χ0n) is 8.28. The standard InChI is InChI=1S/C10H19F2N/c1-2-5-10(11,12)7-9-4-3-6-13-8-9/h9,13H,2-8H2,1H3. The summed E-state index contributed by atoms with van der Waals surface area (Å²) in [4.78, 5) is 0. The van der Waals surface area contributed by atoms with Crippen LogP contribution < -0.4 is 5.32 Å². The molecule has 0 spiro atoms. The molecule has 0 radical (unpaired) electrons. The normalized spacial score (nSPS) is 24.7. The second kappa shape index (κ2) is 4.89. The molecule has 0 aromatic carbocycles. The number of piperidine rings is 1. The van der Waals surface area contributed by atoms with E-state index in [0.29, 0.717) is 6.42 Å². The van der Waals surface area contributed by atoms with Gasteiger partial charge >= 0.3 is 0 Å². The summed E-state index contributed by atoms with van der Waals surface area (Å²) in [6, 6.07) is 0. The van der Waals surface area contributed by atoms with E-state index in [1.165, 1.54) is 0 Å². The molecule has 1 N–H and O–H groups in total. The van der Waals surface area contributed by atoms with Crippen LogP contribution in [0.15, 0.2) is 0 Å². The summed E-state index contributed by atoms with van der Waals surface area (Å²) in [6.07, 6.45) is 2.71. The lowest BCUT2D eigenvalue weighted by Crippen LogP contribution is -2.33. The van der Waals surface area contributed by atoms with Crippen LogP contribution in [0, 0.1) is 5.92 Å². The van der Waals surface area contributed by atoms with Crippen LogP contribution in [0.1, 0.15) is 39.0 Å². The molecule has 13 heavy (non-hydrogen) atoms. The molecule has 1 rings (SSSR count). The minimum Gasteiger partial charge on any atom is -0.316 e. The van der Waals surface area contributed by atoms with Gasteiger partial charge in [-0.15, -0.1) is 0 Å². The summed E-state index contributed by atoms with van der Waals surface area (Å²) in [5.41, 5.74) is 0. The monoisotopic (exact) mass is 191 g/mol. The lowest BCUT2D eigenvalue weighted by Gasteiger charge is -2.26. The van der Waals surface area contributed by atoms with Crippen molar-refractivity contribution in [3.8, 4) is 0 Å². The van der Waals surface area contributed by atoms with E-state index in [9.17, 15) is 8.78 Å². The molecule has 0 aromatic rings. The second-order valence-electron chi connectivity index (χ2n) is 4.02. The molecule has 1 heterocycles. The quantitative estimate of drug-likeness (QED) is 0.720. The summed E-state index contributed by atoms with van der Waals surface area (Å²) < 4.78 is 26.4. The third kappa shape index (κ3) is 4.03. The lowest BCUT2D eigenvalue weighted by molar-refractivity contribution is -0.0339. The molecule has 0 aromatic heterocycles. The fourth-order valence-electron chi connectivity index (χ4n) is 1.99. The molecule has 1 atom stereocenters. The molecule has 0 saturated carbocycles. The van der Waals surface area contributed by atoms with Crippen molar-refractivity contribution in [2.24, 2.45) is 5.92 Å². The zero-order valence-corrected chi connectivity index (χ0v) is 8.28. The summed E-state index contributed by atoms with van der Waals surface area (Å²) in [7, 11) is 0. The Morgan fingerprint density at radius 3 is 2.77 bits per heavy atom. The predicted octanol–water partition coefficient (Wildman–Crippen LogP) is 2.81. The summed E-state index contributed by atoms with van der Waals surface area (Å²) >= 11 is 0. The maximum atomic E-state index is 13.2. The number of halogens is 2. The van der Waals surface area contributed by atoms with Gasteiger partial charge in [0.1, 0.15) is 0 Å². The fraction of sp³-hybridized carbons (Fsp3) is 1.00. The van der Waals surface area contributed by atoms with Gasteiger partial charge in [-0.1, -0.05) is 13.3 Å². The summed E-state index contributed by atoms with van der Waals surface area (Å²) in [5.74, 6) is -2.24. The molecule has 1 saturated heterocycles. The average Bonchev–Trinajstić information content (AvgIpc) is 2.04. The first kappa shape index (κ1) is 10.9. The summed E-state index contributed by atoms with van der Waals surface area (Å²) in [5, 5.41) is 3.17. The van der Waals surface area contributed by atoms with E-state index in [0.717, 1.165) is 25.9 Å². The highest BCUT2D eigenvalue weighted by Crippen LogP contribution is 2.30. The molecule has 1 aliphatic heterocycles. The van der Waals surface area contributed by atoms with E-state index >= 15 is 0 Å². The van der Waals surface area contributed by atoms with Gasteiger partial charge in [0.15, 0.2) is 0 Å². The Hall–Kier alpha value is -0.180. The molecule has 1 nitrogen and oxygen atoms in total. The van der Waals surface area contributed by atoms with Crippen molar-refractivity contribution in [1.29, 1.82) is 0 Å². The summed E-state index contributed by atoms with van der Waals surface area (Å²) in [6.45, 7) is 3.59. The second-order valence-corrected chi connectivity index (χ2v) is 4.02. The zero-order chi connectivity index (χ0) is 9.73. The molecular formula is C10H19F2N. The van der Waals surface area contributed by atoms with E-state index in [1.807, 2.05) is 6.92 Å².